The van der Waals surface area contributed by atoms with Crippen LogP contribution in [0.5, 0.6) is 5.75 Å². The first-order valence-corrected chi connectivity index (χ1v) is 11.1. The fourth-order valence-electron chi connectivity index (χ4n) is 3.68. The molecule has 0 saturated carbocycles. The van der Waals surface area contributed by atoms with Crippen LogP contribution < -0.4 is 15.0 Å². The zero-order chi connectivity index (χ0) is 22.4. The number of carbonyl (C=O) groups excluding carboxylic acids is 2. The minimum Gasteiger partial charge on any atom is -0.494 e. The normalized spacial score (nSPS) is 15.0. The summed E-state index contributed by atoms with van der Waals surface area (Å²) < 4.78 is 5.42. The first-order chi connectivity index (χ1) is 14.9. The van der Waals surface area contributed by atoms with Gasteiger partial charge in [-0.15, -0.1) is 0 Å². The van der Waals surface area contributed by atoms with Gasteiger partial charge in [-0.3, -0.25) is 9.59 Å². The number of nitrogens with one attached hydrogen (secondary N) is 1. The SMILES string of the molecule is CCOc1ccc(C(=O)NC(C(=O)N2CCN(c3ccccc3Cl)CC2)C(C)C)cc1. The summed E-state index contributed by atoms with van der Waals surface area (Å²) >= 11 is 6.31. The van der Waals surface area contributed by atoms with Crippen molar-refractivity contribution >= 4 is 29.1 Å². The number of rotatable bonds is 7. The maximum Gasteiger partial charge on any atom is 0.251 e. The van der Waals surface area contributed by atoms with Crippen molar-refractivity contribution in [3.63, 3.8) is 0 Å². The lowest BCUT2D eigenvalue weighted by Gasteiger charge is -2.38. The van der Waals surface area contributed by atoms with Crippen LogP contribution >= 0.6 is 11.6 Å². The van der Waals surface area contributed by atoms with Crippen molar-refractivity contribution < 1.29 is 14.3 Å². The molecule has 0 aliphatic carbocycles. The van der Waals surface area contributed by atoms with E-state index in [1.165, 1.54) is 0 Å². The molecule has 1 saturated heterocycles. The van der Waals surface area contributed by atoms with Gasteiger partial charge in [-0.25, -0.2) is 0 Å². The quantitative estimate of drug-likeness (QED) is 0.706. The van der Waals surface area contributed by atoms with Crippen LogP contribution in [0, 0.1) is 5.92 Å². The summed E-state index contributed by atoms with van der Waals surface area (Å²) in [6.07, 6.45) is 0. The molecular formula is C24H30ClN3O3. The molecule has 6 nitrogen and oxygen atoms in total. The highest BCUT2D eigenvalue weighted by Crippen LogP contribution is 2.26. The van der Waals surface area contributed by atoms with Gasteiger partial charge in [0.1, 0.15) is 11.8 Å². The van der Waals surface area contributed by atoms with Gasteiger partial charge in [-0.05, 0) is 49.2 Å². The lowest BCUT2D eigenvalue weighted by atomic mass is 10.0. The molecule has 1 atom stereocenters. The van der Waals surface area contributed by atoms with Crippen molar-refractivity contribution in [3.8, 4) is 5.75 Å². The number of piperazine rings is 1. The van der Waals surface area contributed by atoms with E-state index in [1.54, 1.807) is 24.3 Å². The molecule has 1 fully saturated rings. The fourth-order valence-corrected chi connectivity index (χ4v) is 3.94. The predicted octanol–water partition coefficient (Wildman–Crippen LogP) is 3.84. The number of nitrogens with zero attached hydrogens (tertiary/aromatic N) is 2. The molecule has 1 aliphatic heterocycles. The van der Waals surface area contributed by atoms with E-state index < -0.39 is 6.04 Å². The van der Waals surface area contributed by atoms with Crippen molar-refractivity contribution in [3.05, 3.63) is 59.1 Å². The summed E-state index contributed by atoms with van der Waals surface area (Å²) in [6.45, 7) is 8.95. The van der Waals surface area contributed by atoms with E-state index in [-0.39, 0.29) is 17.7 Å². The van der Waals surface area contributed by atoms with Crippen LogP contribution in [-0.2, 0) is 4.79 Å². The standard InChI is InChI=1S/C24H30ClN3O3/c1-4-31-19-11-9-18(10-12-19)23(29)26-22(17(2)3)24(30)28-15-13-27(14-16-28)21-8-6-5-7-20(21)25/h5-12,17,22H,4,13-16H2,1-3H3,(H,26,29). The van der Waals surface area contributed by atoms with Crippen molar-refractivity contribution in [2.45, 2.75) is 26.8 Å². The van der Waals surface area contributed by atoms with E-state index in [2.05, 4.69) is 10.2 Å². The maximum atomic E-state index is 13.2. The van der Waals surface area contributed by atoms with Crippen molar-refractivity contribution in [2.75, 3.05) is 37.7 Å². The molecule has 0 aromatic heterocycles. The smallest absolute Gasteiger partial charge is 0.251 e. The Morgan fingerprint density at radius 3 is 2.26 bits per heavy atom. The number of hydrogen-bond donors (Lipinski definition) is 1. The second-order valence-electron chi connectivity index (χ2n) is 7.92. The molecule has 0 spiro atoms. The summed E-state index contributed by atoms with van der Waals surface area (Å²) in [5.41, 5.74) is 1.49. The highest BCUT2D eigenvalue weighted by atomic mass is 35.5. The van der Waals surface area contributed by atoms with E-state index in [0.717, 1.165) is 5.69 Å². The van der Waals surface area contributed by atoms with Gasteiger partial charge in [0, 0.05) is 31.7 Å². The molecule has 7 heteroatoms. The van der Waals surface area contributed by atoms with Gasteiger partial charge in [0.15, 0.2) is 0 Å². The number of hydrogen-bond acceptors (Lipinski definition) is 4. The number of anilines is 1. The van der Waals surface area contributed by atoms with Gasteiger partial charge in [0.2, 0.25) is 5.91 Å². The molecule has 1 N–H and O–H groups in total. The third-order valence-corrected chi connectivity index (χ3v) is 5.75. The van der Waals surface area contributed by atoms with Crippen LogP contribution in [0.1, 0.15) is 31.1 Å². The number of halogens is 1. The molecule has 0 bridgehead atoms. The van der Waals surface area contributed by atoms with Crippen LogP contribution in [0.15, 0.2) is 48.5 Å². The maximum absolute atomic E-state index is 13.2. The largest absolute Gasteiger partial charge is 0.494 e. The van der Waals surface area contributed by atoms with Crippen molar-refractivity contribution in [1.29, 1.82) is 0 Å². The average molecular weight is 444 g/mol. The summed E-state index contributed by atoms with van der Waals surface area (Å²) in [5.74, 6) is 0.380. The Kier molecular flexibility index (Phi) is 7.80. The molecule has 2 aromatic rings. The van der Waals surface area contributed by atoms with E-state index in [0.29, 0.717) is 49.1 Å². The Bertz CT molecular complexity index is 893. The second-order valence-corrected chi connectivity index (χ2v) is 8.32. The highest BCUT2D eigenvalue weighted by Gasteiger charge is 2.31. The van der Waals surface area contributed by atoms with Gasteiger partial charge in [0.05, 0.1) is 17.3 Å². The lowest BCUT2D eigenvalue weighted by molar-refractivity contribution is -0.134. The summed E-state index contributed by atoms with van der Waals surface area (Å²) in [7, 11) is 0. The Balaban J connectivity index is 1.61. The third-order valence-electron chi connectivity index (χ3n) is 5.43. The van der Waals surface area contributed by atoms with E-state index >= 15 is 0 Å². The van der Waals surface area contributed by atoms with Crippen LogP contribution in [0.3, 0.4) is 0 Å². The minimum absolute atomic E-state index is 0.0271. The molecule has 31 heavy (non-hydrogen) atoms. The van der Waals surface area contributed by atoms with Crippen LogP contribution in [-0.4, -0.2) is 55.5 Å². The van der Waals surface area contributed by atoms with Gasteiger partial charge in [-0.2, -0.15) is 0 Å². The molecule has 2 amide bonds. The second kappa shape index (κ2) is 10.5. The minimum atomic E-state index is -0.578. The van der Waals surface area contributed by atoms with E-state index in [4.69, 9.17) is 16.3 Å². The van der Waals surface area contributed by atoms with Crippen molar-refractivity contribution in [1.82, 2.24) is 10.2 Å². The molecule has 1 heterocycles. The molecule has 2 aromatic carbocycles. The molecule has 3 rings (SSSR count). The Labute approximate surface area is 189 Å². The van der Waals surface area contributed by atoms with Crippen LogP contribution in [0.4, 0.5) is 5.69 Å². The van der Waals surface area contributed by atoms with Crippen LogP contribution in [0.2, 0.25) is 5.02 Å². The van der Waals surface area contributed by atoms with Gasteiger partial charge in [0.25, 0.3) is 5.91 Å². The first kappa shape index (κ1) is 22.9. The number of amides is 2. The van der Waals surface area contributed by atoms with Crippen molar-refractivity contribution in [2.24, 2.45) is 5.92 Å². The fraction of sp³-hybridized carbons (Fsp3) is 0.417. The van der Waals surface area contributed by atoms with Gasteiger partial charge in [-0.1, -0.05) is 37.6 Å². The topological polar surface area (TPSA) is 61.9 Å². The number of carbonyl (C=O) groups is 2. The van der Waals surface area contributed by atoms with Gasteiger partial charge >= 0.3 is 0 Å². The summed E-state index contributed by atoms with van der Waals surface area (Å²) in [4.78, 5) is 30.0. The van der Waals surface area contributed by atoms with E-state index in [1.807, 2.05) is 49.9 Å². The lowest BCUT2D eigenvalue weighted by Crippen LogP contribution is -2.56. The molecule has 0 radical (unpaired) electrons. The van der Waals surface area contributed by atoms with E-state index in [9.17, 15) is 9.59 Å². The number of para-hydroxylation sites is 1. The average Bonchev–Trinajstić information content (AvgIpc) is 2.78. The molecular weight excluding hydrogens is 414 g/mol. The summed E-state index contributed by atoms with van der Waals surface area (Å²) in [5, 5.41) is 3.64. The predicted molar refractivity (Wildman–Crippen MR) is 124 cm³/mol. The molecule has 1 aliphatic rings. The Morgan fingerprint density at radius 2 is 1.68 bits per heavy atom. The molecule has 166 valence electrons. The van der Waals surface area contributed by atoms with Crippen LogP contribution in [0.25, 0.3) is 0 Å². The number of benzene rings is 2. The number of ether oxygens (including phenoxy) is 1. The zero-order valence-electron chi connectivity index (χ0n) is 18.3. The zero-order valence-corrected chi connectivity index (χ0v) is 19.1. The Hall–Kier alpha value is -2.73. The van der Waals surface area contributed by atoms with Gasteiger partial charge < -0.3 is 19.9 Å². The monoisotopic (exact) mass is 443 g/mol. The molecule has 1 unspecified atom stereocenters. The third kappa shape index (κ3) is 5.70. The first-order valence-electron chi connectivity index (χ1n) is 10.7. The Morgan fingerprint density at radius 1 is 1.03 bits per heavy atom. The summed E-state index contributed by atoms with van der Waals surface area (Å²) in [6, 6.07) is 14.1. The highest BCUT2D eigenvalue weighted by molar-refractivity contribution is 6.33.